The lowest BCUT2D eigenvalue weighted by Gasteiger charge is -2.32. The van der Waals surface area contributed by atoms with Crippen LogP contribution in [-0.2, 0) is 26.2 Å². The number of hydrogen-bond donors (Lipinski definition) is 1. The molecule has 0 unspecified atom stereocenters. The van der Waals surface area contributed by atoms with E-state index in [9.17, 15) is 18.0 Å². The molecule has 0 fully saturated rings. The fourth-order valence-corrected chi connectivity index (χ4v) is 5.80. The molecule has 3 aromatic rings. The quantitative estimate of drug-likeness (QED) is 0.305. The van der Waals surface area contributed by atoms with Crippen LogP contribution in [0.25, 0.3) is 0 Å². The topological polar surface area (TPSA) is 86.8 Å². The fraction of sp³-hybridized carbons (Fsp3) is 0.333. The SMILES string of the molecule is Cc1ccc(S(=O)(=O)N(CC(=O)N(Cc2ccc(Cl)c(Cl)c2)[C@@H](C)C(=O)NC(C)C)c2ccc(C)c(C)c2)cc1. The van der Waals surface area contributed by atoms with E-state index in [0.717, 1.165) is 21.0 Å². The Labute approximate surface area is 247 Å². The minimum atomic E-state index is -4.13. The number of anilines is 1. The standard InChI is InChI=1S/C30H35Cl2N3O4S/c1-19(2)33-30(37)23(6)34(17-24-10-14-27(31)28(32)16-24)29(36)18-35(25-11-9-21(4)22(5)15-25)40(38,39)26-12-7-20(3)8-13-26/h7-16,19,23H,17-18H2,1-6H3,(H,33,37)/t23-/m0/s1. The van der Waals surface area contributed by atoms with Crippen LogP contribution in [0.4, 0.5) is 5.69 Å². The average Bonchev–Trinajstić information content (AvgIpc) is 2.88. The smallest absolute Gasteiger partial charge is 0.264 e. The summed E-state index contributed by atoms with van der Waals surface area (Å²) in [6.07, 6.45) is 0. The number of carbonyl (C=O) groups excluding carboxylic acids is 2. The Balaban J connectivity index is 2.07. The molecule has 1 N–H and O–H groups in total. The average molecular weight is 605 g/mol. The van der Waals surface area contributed by atoms with Crippen LogP contribution < -0.4 is 9.62 Å². The molecule has 3 rings (SSSR count). The van der Waals surface area contributed by atoms with Crippen molar-refractivity contribution in [3.63, 3.8) is 0 Å². The molecular formula is C30H35Cl2N3O4S. The van der Waals surface area contributed by atoms with E-state index in [4.69, 9.17) is 23.2 Å². The number of carbonyl (C=O) groups is 2. The van der Waals surface area contributed by atoms with Gasteiger partial charge in [-0.15, -0.1) is 0 Å². The molecule has 0 bridgehead atoms. The second kappa shape index (κ2) is 13.1. The van der Waals surface area contributed by atoms with Gasteiger partial charge in [-0.1, -0.05) is 53.0 Å². The van der Waals surface area contributed by atoms with E-state index in [-0.39, 0.29) is 23.4 Å². The van der Waals surface area contributed by atoms with Crippen LogP contribution in [0.15, 0.2) is 65.6 Å². The van der Waals surface area contributed by atoms with Crippen molar-refractivity contribution in [2.24, 2.45) is 0 Å². The van der Waals surface area contributed by atoms with Gasteiger partial charge in [0.05, 0.1) is 20.6 Å². The van der Waals surface area contributed by atoms with Crippen molar-refractivity contribution in [2.45, 2.75) is 65.1 Å². The van der Waals surface area contributed by atoms with E-state index in [1.165, 1.54) is 17.0 Å². The summed E-state index contributed by atoms with van der Waals surface area (Å²) in [5, 5.41) is 3.50. The first-order chi connectivity index (χ1) is 18.7. The highest BCUT2D eigenvalue weighted by Gasteiger charge is 2.33. The lowest BCUT2D eigenvalue weighted by molar-refractivity contribution is -0.139. The lowest BCUT2D eigenvalue weighted by Crippen LogP contribution is -2.52. The van der Waals surface area contributed by atoms with Gasteiger partial charge in [-0.05, 0) is 94.6 Å². The first-order valence-electron chi connectivity index (χ1n) is 12.9. The zero-order valence-corrected chi connectivity index (χ0v) is 25.9. The number of benzene rings is 3. The third kappa shape index (κ3) is 7.56. The Hall–Kier alpha value is -3.07. The maximum Gasteiger partial charge on any atom is 0.264 e. The van der Waals surface area contributed by atoms with Crippen LogP contribution in [0.3, 0.4) is 0 Å². The minimum Gasteiger partial charge on any atom is -0.352 e. The van der Waals surface area contributed by atoms with Crippen LogP contribution in [0.2, 0.25) is 10.0 Å². The van der Waals surface area contributed by atoms with Crippen molar-refractivity contribution >= 4 is 50.7 Å². The van der Waals surface area contributed by atoms with Gasteiger partial charge in [0.15, 0.2) is 0 Å². The monoisotopic (exact) mass is 603 g/mol. The van der Waals surface area contributed by atoms with Crippen molar-refractivity contribution < 1.29 is 18.0 Å². The van der Waals surface area contributed by atoms with E-state index in [0.29, 0.717) is 21.3 Å². The fourth-order valence-electron chi connectivity index (χ4n) is 4.07. The van der Waals surface area contributed by atoms with Crippen LogP contribution in [0.5, 0.6) is 0 Å². The van der Waals surface area contributed by atoms with Gasteiger partial charge < -0.3 is 10.2 Å². The van der Waals surface area contributed by atoms with Crippen molar-refractivity contribution in [2.75, 3.05) is 10.8 Å². The molecular weight excluding hydrogens is 569 g/mol. The summed E-state index contributed by atoms with van der Waals surface area (Å²) in [6.45, 7) is 10.4. The highest BCUT2D eigenvalue weighted by molar-refractivity contribution is 7.92. The van der Waals surface area contributed by atoms with E-state index >= 15 is 0 Å². The van der Waals surface area contributed by atoms with Crippen LogP contribution in [0, 0.1) is 20.8 Å². The van der Waals surface area contributed by atoms with Crippen molar-refractivity contribution in [1.82, 2.24) is 10.2 Å². The van der Waals surface area contributed by atoms with Gasteiger partial charge >= 0.3 is 0 Å². The van der Waals surface area contributed by atoms with Crippen molar-refractivity contribution in [3.8, 4) is 0 Å². The second-order valence-electron chi connectivity index (χ2n) is 10.2. The van der Waals surface area contributed by atoms with Crippen LogP contribution in [-0.4, -0.2) is 43.8 Å². The number of rotatable bonds is 10. The molecule has 0 spiro atoms. The molecule has 40 heavy (non-hydrogen) atoms. The lowest BCUT2D eigenvalue weighted by atomic mass is 10.1. The first kappa shape index (κ1) is 31.5. The second-order valence-corrected chi connectivity index (χ2v) is 12.9. The maximum absolute atomic E-state index is 14.0. The number of amides is 2. The maximum atomic E-state index is 14.0. The Morgan fingerprint density at radius 3 is 2.08 bits per heavy atom. The van der Waals surface area contributed by atoms with Gasteiger partial charge in [-0.25, -0.2) is 8.42 Å². The molecule has 0 saturated carbocycles. The molecule has 214 valence electrons. The molecule has 0 aromatic heterocycles. The number of aryl methyl sites for hydroxylation is 3. The van der Waals surface area contributed by atoms with Crippen molar-refractivity contribution in [1.29, 1.82) is 0 Å². The summed E-state index contributed by atoms with van der Waals surface area (Å²) in [7, 11) is -4.13. The Bertz CT molecular complexity index is 1490. The highest BCUT2D eigenvalue weighted by atomic mass is 35.5. The molecule has 0 aliphatic rings. The summed E-state index contributed by atoms with van der Waals surface area (Å²) in [4.78, 5) is 28.4. The number of nitrogens with zero attached hydrogens (tertiary/aromatic N) is 2. The summed E-state index contributed by atoms with van der Waals surface area (Å²) < 4.78 is 29.0. The van der Waals surface area contributed by atoms with Gasteiger partial charge in [0.1, 0.15) is 12.6 Å². The third-order valence-corrected chi connectivity index (χ3v) is 9.13. The zero-order chi connectivity index (χ0) is 29.8. The Kier molecular flexibility index (Phi) is 10.3. The summed E-state index contributed by atoms with van der Waals surface area (Å²) in [5.41, 5.74) is 3.77. The number of sulfonamides is 1. The van der Waals surface area contributed by atoms with E-state index < -0.39 is 28.5 Å². The van der Waals surface area contributed by atoms with E-state index in [1.54, 1.807) is 49.4 Å². The highest BCUT2D eigenvalue weighted by Crippen LogP contribution is 2.28. The Morgan fingerprint density at radius 1 is 0.850 bits per heavy atom. The first-order valence-corrected chi connectivity index (χ1v) is 15.1. The minimum absolute atomic E-state index is 0.0216. The van der Waals surface area contributed by atoms with E-state index in [2.05, 4.69) is 5.32 Å². The molecule has 0 saturated heterocycles. The van der Waals surface area contributed by atoms with Crippen molar-refractivity contribution in [3.05, 3.63) is 93.0 Å². The van der Waals surface area contributed by atoms with Gasteiger partial charge in [0.25, 0.3) is 10.0 Å². The van der Waals surface area contributed by atoms with Crippen LogP contribution >= 0.6 is 23.2 Å². The normalized spacial score (nSPS) is 12.2. The predicted molar refractivity (Wildman–Crippen MR) is 161 cm³/mol. The summed E-state index contributed by atoms with van der Waals surface area (Å²) in [5.74, 6) is -0.908. The van der Waals surface area contributed by atoms with Gasteiger partial charge in [0.2, 0.25) is 11.8 Å². The molecule has 2 amide bonds. The molecule has 0 heterocycles. The molecule has 0 aliphatic heterocycles. The molecule has 0 aliphatic carbocycles. The number of nitrogens with one attached hydrogen (secondary N) is 1. The number of halogens is 2. The molecule has 7 nitrogen and oxygen atoms in total. The summed E-state index contributed by atoms with van der Waals surface area (Å²) >= 11 is 12.3. The molecule has 1 atom stereocenters. The Morgan fingerprint density at radius 2 is 1.50 bits per heavy atom. The molecule has 10 heteroatoms. The van der Waals surface area contributed by atoms with Crippen LogP contribution in [0.1, 0.15) is 43.0 Å². The molecule has 3 aromatic carbocycles. The van der Waals surface area contributed by atoms with E-state index in [1.807, 2.05) is 40.7 Å². The summed E-state index contributed by atoms with van der Waals surface area (Å²) in [6, 6.07) is 15.6. The van der Waals surface area contributed by atoms with Gasteiger partial charge in [-0.2, -0.15) is 0 Å². The zero-order valence-electron chi connectivity index (χ0n) is 23.5. The number of hydrogen-bond acceptors (Lipinski definition) is 4. The third-order valence-electron chi connectivity index (χ3n) is 6.60. The molecule has 0 radical (unpaired) electrons. The predicted octanol–water partition coefficient (Wildman–Crippen LogP) is 6.06. The van der Waals surface area contributed by atoms with Gasteiger partial charge in [0, 0.05) is 12.6 Å². The van der Waals surface area contributed by atoms with Gasteiger partial charge in [-0.3, -0.25) is 13.9 Å². The largest absolute Gasteiger partial charge is 0.352 e.